The molecule has 3 aromatic rings. The molecule has 0 radical (unpaired) electrons. The van der Waals surface area contributed by atoms with Crippen LogP contribution in [-0.4, -0.2) is 52.8 Å². The van der Waals surface area contributed by atoms with Crippen molar-refractivity contribution in [2.24, 2.45) is 0 Å². The Morgan fingerprint density at radius 2 is 1.85 bits per heavy atom. The standard InChI is InChI=1S/C24H23ClN4O3S2/c1-29(21-19(16-6-4-3-5-7-16)20(25)26-23(27-21)33-2)12-13-32-17-10-8-15(9-11-17)14-18-22(30)28-24(31)34-18/h3-11,18H,12-14H2,1-2H3,(H,28,30,31). The molecular formula is C24H23ClN4O3S2. The summed E-state index contributed by atoms with van der Waals surface area (Å²) in [4.78, 5) is 34.2. The fourth-order valence-electron chi connectivity index (χ4n) is 3.49. The first-order valence-electron chi connectivity index (χ1n) is 10.6. The van der Waals surface area contributed by atoms with Crippen molar-refractivity contribution in [2.45, 2.75) is 16.8 Å². The van der Waals surface area contributed by atoms with Crippen LogP contribution in [0.3, 0.4) is 0 Å². The Bertz CT molecular complexity index is 1180. The SMILES string of the molecule is CSc1nc(Cl)c(-c2ccccc2)c(N(C)CCOc2ccc(CC3SC(=O)NC3=O)cc2)n1. The Morgan fingerprint density at radius 3 is 2.50 bits per heavy atom. The number of anilines is 1. The molecule has 1 unspecified atom stereocenters. The van der Waals surface area contributed by atoms with E-state index in [1.165, 1.54) is 11.8 Å². The molecule has 7 nitrogen and oxygen atoms in total. The Morgan fingerprint density at radius 1 is 1.12 bits per heavy atom. The van der Waals surface area contributed by atoms with Crippen LogP contribution in [0.5, 0.6) is 5.75 Å². The van der Waals surface area contributed by atoms with E-state index in [-0.39, 0.29) is 16.4 Å². The highest BCUT2D eigenvalue weighted by atomic mass is 35.5. The second kappa shape index (κ2) is 11.1. The van der Waals surface area contributed by atoms with Gasteiger partial charge in [0.25, 0.3) is 5.24 Å². The molecule has 0 aliphatic carbocycles. The lowest BCUT2D eigenvalue weighted by Gasteiger charge is -2.22. The molecule has 1 atom stereocenters. The molecule has 1 aromatic heterocycles. The number of hydrogen-bond acceptors (Lipinski definition) is 8. The van der Waals surface area contributed by atoms with Gasteiger partial charge >= 0.3 is 0 Å². The molecule has 2 amide bonds. The van der Waals surface area contributed by atoms with Gasteiger partial charge in [0, 0.05) is 7.05 Å². The van der Waals surface area contributed by atoms with Gasteiger partial charge < -0.3 is 9.64 Å². The van der Waals surface area contributed by atoms with E-state index in [4.69, 9.17) is 21.3 Å². The number of carbonyl (C=O) groups excluding carboxylic acids is 2. The van der Waals surface area contributed by atoms with Crippen LogP contribution in [0, 0.1) is 0 Å². The number of nitrogens with one attached hydrogen (secondary N) is 1. The van der Waals surface area contributed by atoms with Crippen molar-refractivity contribution in [3.05, 3.63) is 65.3 Å². The van der Waals surface area contributed by atoms with E-state index in [9.17, 15) is 9.59 Å². The van der Waals surface area contributed by atoms with Crippen LogP contribution in [0.4, 0.5) is 10.6 Å². The van der Waals surface area contributed by atoms with Crippen molar-refractivity contribution in [1.82, 2.24) is 15.3 Å². The maximum Gasteiger partial charge on any atom is 0.286 e. The van der Waals surface area contributed by atoms with Crippen molar-refractivity contribution in [3.63, 3.8) is 0 Å². The Hall–Kier alpha value is -2.75. The highest BCUT2D eigenvalue weighted by Gasteiger charge is 2.31. The number of hydrogen-bond donors (Lipinski definition) is 1. The van der Waals surface area contributed by atoms with Crippen LogP contribution in [0.25, 0.3) is 11.1 Å². The number of likely N-dealkylation sites (N-methyl/N-ethyl adjacent to an activating group) is 1. The van der Waals surface area contributed by atoms with Crippen molar-refractivity contribution < 1.29 is 14.3 Å². The average molecular weight is 515 g/mol. The van der Waals surface area contributed by atoms with Gasteiger partial charge in [-0.2, -0.15) is 0 Å². The summed E-state index contributed by atoms with van der Waals surface area (Å²) in [5, 5.41) is 2.67. The molecular weight excluding hydrogens is 492 g/mol. The predicted octanol–water partition coefficient (Wildman–Crippen LogP) is 4.93. The summed E-state index contributed by atoms with van der Waals surface area (Å²) in [6, 6.07) is 17.4. The first-order valence-corrected chi connectivity index (χ1v) is 13.0. The van der Waals surface area contributed by atoms with Crippen LogP contribution in [0.15, 0.2) is 59.8 Å². The first kappa shape index (κ1) is 24.4. The number of halogens is 1. The van der Waals surface area contributed by atoms with Crippen molar-refractivity contribution in [2.75, 3.05) is 31.4 Å². The van der Waals surface area contributed by atoms with Crippen molar-refractivity contribution in [3.8, 4) is 16.9 Å². The van der Waals surface area contributed by atoms with Gasteiger partial charge in [0.15, 0.2) is 5.16 Å². The van der Waals surface area contributed by atoms with Gasteiger partial charge in [-0.15, -0.1) is 0 Å². The predicted molar refractivity (Wildman–Crippen MR) is 138 cm³/mol. The Kier molecular flexibility index (Phi) is 7.97. The molecule has 1 saturated heterocycles. The zero-order valence-electron chi connectivity index (χ0n) is 18.7. The number of ether oxygens (including phenoxy) is 1. The zero-order valence-corrected chi connectivity index (χ0v) is 21.0. The smallest absolute Gasteiger partial charge is 0.286 e. The van der Waals surface area contributed by atoms with E-state index in [1.54, 1.807) is 0 Å². The second-order valence-electron chi connectivity index (χ2n) is 7.57. The van der Waals surface area contributed by atoms with Gasteiger partial charge in [-0.3, -0.25) is 14.9 Å². The molecule has 10 heteroatoms. The lowest BCUT2D eigenvalue weighted by Crippen LogP contribution is -2.26. The van der Waals surface area contributed by atoms with E-state index in [2.05, 4.69) is 10.3 Å². The number of rotatable bonds is 9. The largest absolute Gasteiger partial charge is 0.492 e. The molecule has 1 fully saturated rings. The summed E-state index contributed by atoms with van der Waals surface area (Å²) in [6.07, 6.45) is 2.42. The fraction of sp³-hybridized carbons (Fsp3) is 0.250. The summed E-state index contributed by atoms with van der Waals surface area (Å²) in [6.45, 7) is 1.03. The van der Waals surface area contributed by atoms with Crippen LogP contribution < -0.4 is 15.0 Å². The third kappa shape index (κ3) is 5.84. The van der Waals surface area contributed by atoms with Gasteiger partial charge in [-0.05, 0) is 35.9 Å². The average Bonchev–Trinajstić information content (AvgIpc) is 3.16. The molecule has 1 N–H and O–H groups in total. The molecule has 1 aliphatic heterocycles. The Balaban J connectivity index is 1.39. The highest BCUT2D eigenvalue weighted by molar-refractivity contribution is 8.15. The summed E-state index contributed by atoms with van der Waals surface area (Å²) in [5.41, 5.74) is 2.72. The number of thioether (sulfide) groups is 2. The highest BCUT2D eigenvalue weighted by Crippen LogP contribution is 2.35. The van der Waals surface area contributed by atoms with Crippen LogP contribution in [0.2, 0.25) is 5.15 Å². The van der Waals surface area contributed by atoms with Gasteiger partial charge in [0.2, 0.25) is 5.91 Å². The molecule has 0 spiro atoms. The summed E-state index contributed by atoms with van der Waals surface area (Å²) in [5.74, 6) is 1.24. The third-order valence-electron chi connectivity index (χ3n) is 5.24. The monoisotopic (exact) mass is 514 g/mol. The topological polar surface area (TPSA) is 84.4 Å². The van der Waals surface area contributed by atoms with Crippen LogP contribution in [-0.2, 0) is 11.2 Å². The number of aromatic nitrogens is 2. The quantitative estimate of drug-likeness (QED) is 0.244. The van der Waals surface area contributed by atoms with E-state index in [1.807, 2.05) is 72.8 Å². The zero-order chi connectivity index (χ0) is 24.1. The van der Waals surface area contributed by atoms with Crippen molar-refractivity contribution in [1.29, 1.82) is 0 Å². The first-order chi connectivity index (χ1) is 16.4. The minimum Gasteiger partial charge on any atom is -0.492 e. The number of carbonyl (C=O) groups is 2. The van der Waals surface area contributed by atoms with Crippen LogP contribution in [0.1, 0.15) is 5.56 Å². The Labute approximate surface area is 211 Å². The minimum atomic E-state index is -0.377. The minimum absolute atomic E-state index is 0.234. The molecule has 0 bridgehead atoms. The molecule has 2 heterocycles. The lowest BCUT2D eigenvalue weighted by atomic mass is 10.1. The summed E-state index contributed by atoms with van der Waals surface area (Å²) < 4.78 is 5.93. The van der Waals surface area contributed by atoms with E-state index >= 15 is 0 Å². The fourth-order valence-corrected chi connectivity index (χ4v) is 5.04. The maximum absolute atomic E-state index is 11.8. The maximum atomic E-state index is 11.8. The molecule has 176 valence electrons. The van der Waals surface area contributed by atoms with Gasteiger partial charge in [-0.25, -0.2) is 9.97 Å². The number of amides is 2. The molecule has 34 heavy (non-hydrogen) atoms. The number of benzene rings is 2. The number of imide groups is 1. The van der Waals surface area contributed by atoms with E-state index in [0.717, 1.165) is 40.0 Å². The van der Waals surface area contributed by atoms with E-state index < -0.39 is 0 Å². The normalized spacial score (nSPS) is 15.3. The molecule has 1 aliphatic rings. The van der Waals surface area contributed by atoms with Gasteiger partial charge in [0.1, 0.15) is 23.3 Å². The molecule has 4 rings (SSSR count). The van der Waals surface area contributed by atoms with Gasteiger partial charge in [0.05, 0.1) is 17.4 Å². The van der Waals surface area contributed by atoms with Gasteiger partial charge in [-0.1, -0.05) is 77.6 Å². The molecule has 0 saturated carbocycles. The van der Waals surface area contributed by atoms with Crippen molar-refractivity contribution >= 4 is 52.1 Å². The third-order valence-corrected chi connectivity index (χ3v) is 7.04. The van der Waals surface area contributed by atoms with E-state index in [0.29, 0.717) is 29.9 Å². The second-order valence-corrected chi connectivity index (χ2v) is 9.87. The number of nitrogens with zero attached hydrogens (tertiary/aromatic N) is 3. The summed E-state index contributed by atoms with van der Waals surface area (Å²) in [7, 11) is 1.95. The lowest BCUT2D eigenvalue weighted by molar-refractivity contribution is -0.118. The van der Waals surface area contributed by atoms with Crippen LogP contribution >= 0.6 is 35.1 Å². The molecule has 2 aromatic carbocycles. The summed E-state index contributed by atoms with van der Waals surface area (Å²) >= 11 is 9.02.